The molecule has 0 amide bonds. The molecule has 0 heterocycles. The van der Waals surface area contributed by atoms with Gasteiger partial charge in [0.05, 0.1) is 19.0 Å². The zero-order chi connectivity index (χ0) is 12.0. The maximum Gasteiger partial charge on any atom is 0.147 e. The van der Waals surface area contributed by atoms with Crippen molar-refractivity contribution < 1.29 is 14.3 Å². The molecule has 0 saturated carbocycles. The molecule has 0 aliphatic rings. The molecule has 88 valence electrons. The number of hydrogen-bond donors (Lipinski definition) is 0. The fraction of sp³-hybridized carbons (Fsp3) is 0.417. The van der Waals surface area contributed by atoms with Gasteiger partial charge in [-0.2, -0.15) is 0 Å². The van der Waals surface area contributed by atoms with Gasteiger partial charge < -0.3 is 9.47 Å². The smallest absolute Gasteiger partial charge is 0.147 e. The highest BCUT2D eigenvalue weighted by Gasteiger charge is 2.06. The van der Waals surface area contributed by atoms with E-state index in [1.165, 1.54) is 0 Å². The van der Waals surface area contributed by atoms with Crippen molar-refractivity contribution in [2.24, 2.45) is 0 Å². The van der Waals surface area contributed by atoms with Gasteiger partial charge in [0.25, 0.3) is 0 Å². The summed E-state index contributed by atoms with van der Waals surface area (Å²) in [5.41, 5.74) is 0.909. The predicted octanol–water partition coefficient (Wildman–Crippen LogP) is 2.60. The summed E-state index contributed by atoms with van der Waals surface area (Å²) >= 11 is 3.15. The number of benzene rings is 1. The number of ketones is 1. The molecule has 0 N–H and O–H groups in total. The largest absolute Gasteiger partial charge is 0.497 e. The summed E-state index contributed by atoms with van der Waals surface area (Å²) in [6.07, 6.45) is 0.391. The second kappa shape index (κ2) is 6.53. The molecule has 16 heavy (non-hydrogen) atoms. The van der Waals surface area contributed by atoms with Crippen LogP contribution in [0.25, 0.3) is 0 Å². The van der Waals surface area contributed by atoms with E-state index in [0.717, 1.165) is 11.3 Å². The van der Waals surface area contributed by atoms with Gasteiger partial charge in [0.1, 0.15) is 17.3 Å². The average molecular weight is 287 g/mol. The van der Waals surface area contributed by atoms with Crippen LogP contribution < -0.4 is 9.47 Å². The topological polar surface area (TPSA) is 35.5 Å². The van der Waals surface area contributed by atoms with Crippen LogP contribution >= 0.6 is 15.9 Å². The van der Waals surface area contributed by atoms with E-state index in [2.05, 4.69) is 15.9 Å². The van der Waals surface area contributed by atoms with Gasteiger partial charge in [0.2, 0.25) is 0 Å². The number of halogens is 1. The first kappa shape index (κ1) is 13.0. The quantitative estimate of drug-likeness (QED) is 0.754. The maximum absolute atomic E-state index is 11.3. The molecule has 0 aromatic heterocycles. The van der Waals surface area contributed by atoms with Gasteiger partial charge in [-0.15, -0.1) is 0 Å². The molecule has 0 aliphatic heterocycles. The normalized spacial score (nSPS) is 9.94. The van der Waals surface area contributed by atoms with Crippen molar-refractivity contribution in [2.75, 3.05) is 19.0 Å². The Morgan fingerprint density at radius 1 is 1.31 bits per heavy atom. The monoisotopic (exact) mass is 286 g/mol. The molecule has 0 bridgehead atoms. The first-order valence-electron chi connectivity index (χ1n) is 5.08. The Morgan fingerprint density at radius 2 is 2.00 bits per heavy atom. The summed E-state index contributed by atoms with van der Waals surface area (Å²) < 4.78 is 10.6. The lowest BCUT2D eigenvalue weighted by Crippen LogP contribution is -2.04. The number of hydrogen-bond acceptors (Lipinski definition) is 3. The highest BCUT2D eigenvalue weighted by atomic mass is 79.9. The summed E-state index contributed by atoms with van der Waals surface area (Å²) in [5.74, 6) is 1.58. The van der Waals surface area contributed by atoms with Gasteiger partial charge in [0.15, 0.2) is 0 Å². The Balaban J connectivity index is 2.90. The van der Waals surface area contributed by atoms with E-state index in [1.54, 1.807) is 7.11 Å². The van der Waals surface area contributed by atoms with Crippen molar-refractivity contribution in [2.45, 2.75) is 13.3 Å². The molecule has 3 nitrogen and oxygen atoms in total. The third-order valence-corrected chi connectivity index (χ3v) is 2.66. The zero-order valence-electron chi connectivity index (χ0n) is 9.46. The van der Waals surface area contributed by atoms with E-state index in [9.17, 15) is 4.79 Å². The van der Waals surface area contributed by atoms with E-state index in [0.29, 0.717) is 24.1 Å². The van der Waals surface area contributed by atoms with Gasteiger partial charge >= 0.3 is 0 Å². The highest BCUT2D eigenvalue weighted by molar-refractivity contribution is 9.09. The van der Waals surface area contributed by atoms with Gasteiger partial charge in [-0.05, 0) is 24.6 Å². The number of carbonyl (C=O) groups is 1. The van der Waals surface area contributed by atoms with Gasteiger partial charge in [0, 0.05) is 12.5 Å². The van der Waals surface area contributed by atoms with Crippen LogP contribution in [0.3, 0.4) is 0 Å². The Labute approximate surface area is 104 Å². The van der Waals surface area contributed by atoms with Crippen LogP contribution in [0.1, 0.15) is 12.5 Å². The molecular weight excluding hydrogens is 272 g/mol. The molecule has 0 unspecified atom stereocenters. The number of alkyl halides is 1. The minimum atomic E-state index is 0.135. The number of Topliss-reactive ketones (excluding diaryl/α,β-unsaturated/α-hetero) is 1. The molecule has 0 atom stereocenters. The van der Waals surface area contributed by atoms with Gasteiger partial charge in [-0.3, -0.25) is 4.79 Å². The van der Waals surface area contributed by atoms with Crippen LogP contribution in [0.5, 0.6) is 11.5 Å². The predicted molar refractivity (Wildman–Crippen MR) is 66.7 cm³/mol. The minimum absolute atomic E-state index is 0.135. The lowest BCUT2D eigenvalue weighted by molar-refractivity contribution is -0.115. The van der Waals surface area contributed by atoms with Crippen molar-refractivity contribution in [3.05, 3.63) is 23.8 Å². The Morgan fingerprint density at radius 3 is 2.56 bits per heavy atom. The fourth-order valence-corrected chi connectivity index (χ4v) is 1.57. The standard InChI is InChI=1S/C12H15BrO3/c1-3-16-12-6-9(4-10(14)8-13)5-11(7-12)15-2/h5-7H,3-4,8H2,1-2H3. The Hall–Kier alpha value is -1.03. The van der Waals surface area contributed by atoms with E-state index in [-0.39, 0.29) is 5.78 Å². The number of rotatable bonds is 6. The fourth-order valence-electron chi connectivity index (χ4n) is 1.38. The van der Waals surface area contributed by atoms with Crippen molar-refractivity contribution in [3.63, 3.8) is 0 Å². The molecule has 1 rings (SSSR count). The first-order chi connectivity index (χ1) is 7.69. The summed E-state index contributed by atoms with van der Waals surface area (Å²) in [5, 5.41) is 0.369. The van der Waals surface area contributed by atoms with Crippen molar-refractivity contribution in [1.82, 2.24) is 0 Å². The number of carbonyl (C=O) groups excluding carboxylic acids is 1. The molecule has 1 aromatic rings. The van der Waals surface area contributed by atoms with E-state index in [4.69, 9.17) is 9.47 Å². The van der Waals surface area contributed by atoms with Crippen LogP contribution in [0.2, 0.25) is 0 Å². The lowest BCUT2D eigenvalue weighted by atomic mass is 10.1. The van der Waals surface area contributed by atoms with Gasteiger partial charge in [-0.25, -0.2) is 0 Å². The molecule has 0 radical (unpaired) electrons. The molecule has 1 aromatic carbocycles. The van der Waals surface area contributed by atoms with Crippen molar-refractivity contribution >= 4 is 21.7 Å². The SMILES string of the molecule is CCOc1cc(CC(=O)CBr)cc(OC)c1. The molecule has 0 spiro atoms. The summed E-state index contributed by atoms with van der Waals surface area (Å²) in [6, 6.07) is 5.53. The minimum Gasteiger partial charge on any atom is -0.497 e. The third-order valence-electron chi connectivity index (χ3n) is 2.04. The first-order valence-corrected chi connectivity index (χ1v) is 6.20. The summed E-state index contributed by atoms with van der Waals surface area (Å²) in [4.78, 5) is 11.3. The zero-order valence-corrected chi connectivity index (χ0v) is 11.0. The number of methoxy groups -OCH3 is 1. The second-order valence-corrected chi connectivity index (χ2v) is 3.86. The van der Waals surface area contributed by atoms with Gasteiger partial charge in [-0.1, -0.05) is 15.9 Å². The Kier molecular flexibility index (Phi) is 5.32. The van der Waals surface area contributed by atoms with Crippen LogP contribution in [-0.2, 0) is 11.2 Å². The van der Waals surface area contributed by atoms with Crippen LogP contribution in [0.4, 0.5) is 0 Å². The summed E-state index contributed by atoms with van der Waals surface area (Å²) in [7, 11) is 1.60. The van der Waals surface area contributed by atoms with E-state index >= 15 is 0 Å². The molecular formula is C12H15BrO3. The van der Waals surface area contributed by atoms with Crippen molar-refractivity contribution in [1.29, 1.82) is 0 Å². The molecule has 0 fully saturated rings. The van der Waals surface area contributed by atoms with Crippen molar-refractivity contribution in [3.8, 4) is 11.5 Å². The average Bonchev–Trinajstić information content (AvgIpc) is 2.29. The molecule has 0 aliphatic carbocycles. The van der Waals surface area contributed by atoms with E-state index in [1.807, 2.05) is 25.1 Å². The van der Waals surface area contributed by atoms with Crippen LogP contribution in [0, 0.1) is 0 Å². The molecule has 4 heteroatoms. The van der Waals surface area contributed by atoms with Crippen LogP contribution in [0.15, 0.2) is 18.2 Å². The highest BCUT2D eigenvalue weighted by Crippen LogP contribution is 2.23. The second-order valence-electron chi connectivity index (χ2n) is 3.30. The lowest BCUT2D eigenvalue weighted by Gasteiger charge is -2.08. The third kappa shape index (κ3) is 3.85. The Bertz CT molecular complexity index is 363. The van der Waals surface area contributed by atoms with E-state index < -0.39 is 0 Å². The number of ether oxygens (including phenoxy) is 2. The summed E-state index contributed by atoms with van der Waals surface area (Å²) in [6.45, 7) is 2.52. The molecule has 0 saturated heterocycles. The van der Waals surface area contributed by atoms with Crippen LogP contribution in [-0.4, -0.2) is 24.8 Å². The maximum atomic E-state index is 11.3.